The fraction of sp³-hybridized carbons (Fsp3) is 0.226. The van der Waals surface area contributed by atoms with E-state index >= 15 is 0 Å². The molecule has 218 valence electrons. The van der Waals surface area contributed by atoms with E-state index in [2.05, 4.69) is 15.3 Å². The van der Waals surface area contributed by atoms with Gasteiger partial charge in [0.2, 0.25) is 5.91 Å². The maximum Gasteiger partial charge on any atom is 0.251 e. The van der Waals surface area contributed by atoms with Crippen molar-refractivity contribution in [2.24, 2.45) is 0 Å². The molecule has 1 heterocycles. The lowest BCUT2D eigenvalue weighted by atomic mass is 10.0. The van der Waals surface area contributed by atoms with Crippen molar-refractivity contribution in [1.82, 2.24) is 14.9 Å². The van der Waals surface area contributed by atoms with Gasteiger partial charge in [-0.1, -0.05) is 53.7 Å². The fourth-order valence-corrected chi connectivity index (χ4v) is 5.35. The van der Waals surface area contributed by atoms with Gasteiger partial charge in [0, 0.05) is 29.0 Å². The number of halogens is 2. The first kappa shape index (κ1) is 30.8. The van der Waals surface area contributed by atoms with Gasteiger partial charge in [0.15, 0.2) is 5.16 Å². The lowest BCUT2D eigenvalue weighted by molar-refractivity contribution is -0.137. The van der Waals surface area contributed by atoms with Gasteiger partial charge in [-0.15, -0.1) is 0 Å². The molecule has 0 spiro atoms. The van der Waals surface area contributed by atoms with Crippen molar-refractivity contribution in [1.29, 1.82) is 0 Å². The number of thioether (sulfide) groups is 1. The van der Waals surface area contributed by atoms with Crippen LogP contribution in [0, 0.1) is 19.7 Å². The summed E-state index contributed by atoms with van der Waals surface area (Å²) in [6, 6.07) is 18.2. The van der Waals surface area contributed by atoms with Crippen LogP contribution in [0.1, 0.15) is 28.6 Å². The molecule has 0 aliphatic carbocycles. The van der Waals surface area contributed by atoms with E-state index in [1.54, 1.807) is 42.5 Å². The molecular formula is C31H30ClFN4O4S. The Hall–Kier alpha value is -4.15. The molecule has 1 atom stereocenters. The number of carbonyl (C=O) groups excluding carboxylic acids is 2. The molecule has 4 aromatic rings. The molecule has 1 unspecified atom stereocenters. The molecule has 11 heteroatoms. The van der Waals surface area contributed by atoms with Gasteiger partial charge in [0.25, 0.3) is 5.91 Å². The van der Waals surface area contributed by atoms with Crippen LogP contribution in [0.3, 0.4) is 0 Å². The highest BCUT2D eigenvalue weighted by Crippen LogP contribution is 2.33. The smallest absolute Gasteiger partial charge is 0.251 e. The molecule has 0 bridgehead atoms. The summed E-state index contributed by atoms with van der Waals surface area (Å²) in [5.74, 6) is -0.508. The topological polar surface area (TPSA) is 93.7 Å². The van der Waals surface area contributed by atoms with Gasteiger partial charge in [-0.25, -0.2) is 14.4 Å². The molecule has 0 aliphatic heterocycles. The summed E-state index contributed by atoms with van der Waals surface area (Å²) >= 11 is 7.66. The van der Waals surface area contributed by atoms with Gasteiger partial charge in [-0.05, 0) is 61.4 Å². The number of aromatic nitrogens is 2. The van der Waals surface area contributed by atoms with Gasteiger partial charge in [-0.3, -0.25) is 9.59 Å². The molecule has 1 N–H and O–H groups in total. The number of ether oxygens (including phenoxy) is 2. The summed E-state index contributed by atoms with van der Waals surface area (Å²) < 4.78 is 24.7. The van der Waals surface area contributed by atoms with Crippen molar-refractivity contribution in [3.63, 3.8) is 0 Å². The number of anilines is 1. The van der Waals surface area contributed by atoms with Crippen molar-refractivity contribution in [3.8, 4) is 11.5 Å². The standard InChI is InChI=1S/C31H30ClFN4O4S/c1-19-15-20(2)35-31(34-19)42-18-28(38)37(17-22-7-5-6-8-25(22)32)29(21-9-11-23(33)12-10-21)30(39)36-26-14-13-24(40-3)16-27(26)41-4/h5-16,29H,17-18H2,1-4H3,(H,36,39). The first-order valence-electron chi connectivity index (χ1n) is 12.9. The lowest BCUT2D eigenvalue weighted by Crippen LogP contribution is -2.42. The third kappa shape index (κ3) is 7.77. The summed E-state index contributed by atoms with van der Waals surface area (Å²) in [7, 11) is 3.00. The van der Waals surface area contributed by atoms with E-state index in [1.807, 2.05) is 19.9 Å². The van der Waals surface area contributed by atoms with Crippen LogP contribution in [-0.4, -0.2) is 46.7 Å². The Morgan fingerprint density at radius 2 is 1.67 bits per heavy atom. The molecule has 0 fully saturated rings. The molecule has 42 heavy (non-hydrogen) atoms. The molecule has 4 rings (SSSR count). The summed E-state index contributed by atoms with van der Waals surface area (Å²) in [4.78, 5) is 38.3. The van der Waals surface area contributed by atoms with Crippen LogP contribution < -0.4 is 14.8 Å². The average molecular weight is 609 g/mol. The number of nitrogens with zero attached hydrogens (tertiary/aromatic N) is 3. The molecule has 1 aromatic heterocycles. The highest BCUT2D eigenvalue weighted by atomic mass is 35.5. The molecular weight excluding hydrogens is 579 g/mol. The number of carbonyl (C=O) groups is 2. The Morgan fingerprint density at radius 3 is 2.31 bits per heavy atom. The highest BCUT2D eigenvalue weighted by molar-refractivity contribution is 7.99. The predicted octanol–water partition coefficient (Wildman–Crippen LogP) is 6.40. The van der Waals surface area contributed by atoms with Gasteiger partial charge >= 0.3 is 0 Å². The summed E-state index contributed by atoms with van der Waals surface area (Å²) in [5, 5.41) is 3.77. The predicted molar refractivity (Wildman–Crippen MR) is 162 cm³/mol. The second-order valence-corrected chi connectivity index (χ2v) is 10.7. The molecule has 0 saturated heterocycles. The van der Waals surface area contributed by atoms with Crippen molar-refractivity contribution in [2.45, 2.75) is 31.6 Å². The average Bonchev–Trinajstić information content (AvgIpc) is 2.97. The third-order valence-electron chi connectivity index (χ3n) is 6.32. The Morgan fingerprint density at radius 1 is 0.976 bits per heavy atom. The second-order valence-electron chi connectivity index (χ2n) is 9.34. The van der Waals surface area contributed by atoms with E-state index in [0.29, 0.717) is 38.5 Å². The van der Waals surface area contributed by atoms with E-state index in [-0.39, 0.29) is 18.2 Å². The lowest BCUT2D eigenvalue weighted by Gasteiger charge is -2.32. The molecule has 0 radical (unpaired) electrons. The monoisotopic (exact) mass is 608 g/mol. The Bertz CT molecular complexity index is 1550. The van der Waals surface area contributed by atoms with Crippen LogP contribution >= 0.6 is 23.4 Å². The number of aryl methyl sites for hydroxylation is 2. The van der Waals surface area contributed by atoms with E-state index in [1.165, 1.54) is 55.1 Å². The van der Waals surface area contributed by atoms with Gasteiger partial charge in [0.1, 0.15) is 23.4 Å². The number of amides is 2. The van der Waals surface area contributed by atoms with Crippen LogP contribution in [-0.2, 0) is 16.1 Å². The molecule has 3 aromatic carbocycles. The van der Waals surface area contributed by atoms with E-state index in [9.17, 15) is 14.0 Å². The van der Waals surface area contributed by atoms with E-state index in [4.69, 9.17) is 21.1 Å². The minimum Gasteiger partial charge on any atom is -0.497 e. The summed E-state index contributed by atoms with van der Waals surface area (Å²) in [6.07, 6.45) is 0. The number of hydrogen-bond acceptors (Lipinski definition) is 7. The number of methoxy groups -OCH3 is 2. The Balaban J connectivity index is 1.74. The second kappa shape index (κ2) is 14.2. The zero-order valence-electron chi connectivity index (χ0n) is 23.6. The van der Waals surface area contributed by atoms with Gasteiger partial charge < -0.3 is 19.7 Å². The van der Waals surface area contributed by atoms with E-state index in [0.717, 1.165) is 11.4 Å². The molecule has 0 aliphatic rings. The van der Waals surface area contributed by atoms with Crippen LogP contribution in [0.25, 0.3) is 0 Å². The largest absolute Gasteiger partial charge is 0.497 e. The third-order valence-corrected chi connectivity index (χ3v) is 7.52. The van der Waals surface area contributed by atoms with Crippen LogP contribution in [0.5, 0.6) is 11.5 Å². The zero-order valence-corrected chi connectivity index (χ0v) is 25.1. The Kier molecular flexibility index (Phi) is 10.4. The first-order valence-corrected chi connectivity index (χ1v) is 14.3. The first-order chi connectivity index (χ1) is 20.2. The normalized spacial score (nSPS) is 11.5. The number of benzene rings is 3. The zero-order chi connectivity index (χ0) is 30.2. The molecule has 0 saturated carbocycles. The minimum absolute atomic E-state index is 0.0159. The quantitative estimate of drug-likeness (QED) is 0.155. The van der Waals surface area contributed by atoms with E-state index < -0.39 is 17.8 Å². The SMILES string of the molecule is COc1ccc(NC(=O)C(c2ccc(F)cc2)N(Cc2ccccc2Cl)C(=O)CSc2nc(C)cc(C)n2)c(OC)c1. The van der Waals surface area contributed by atoms with Crippen molar-refractivity contribution in [3.05, 3.63) is 106 Å². The van der Waals surface area contributed by atoms with Crippen molar-refractivity contribution < 1.29 is 23.5 Å². The minimum atomic E-state index is -1.15. The van der Waals surface area contributed by atoms with Gasteiger partial charge in [-0.2, -0.15) is 0 Å². The van der Waals surface area contributed by atoms with Crippen molar-refractivity contribution >= 4 is 40.9 Å². The summed E-state index contributed by atoms with van der Waals surface area (Å²) in [6.45, 7) is 3.72. The van der Waals surface area contributed by atoms with Crippen LogP contribution in [0.15, 0.2) is 78.0 Å². The maximum atomic E-state index is 14.1. The molecule has 8 nitrogen and oxygen atoms in total. The summed E-state index contributed by atoms with van der Waals surface area (Å²) in [5.41, 5.74) is 2.99. The van der Waals surface area contributed by atoms with Gasteiger partial charge in [0.05, 0.1) is 25.7 Å². The number of nitrogens with one attached hydrogen (secondary N) is 1. The van der Waals surface area contributed by atoms with Crippen molar-refractivity contribution in [2.75, 3.05) is 25.3 Å². The van der Waals surface area contributed by atoms with Crippen LogP contribution in [0.2, 0.25) is 5.02 Å². The fourth-order valence-electron chi connectivity index (χ4n) is 4.32. The van der Waals surface area contributed by atoms with Crippen LogP contribution in [0.4, 0.5) is 10.1 Å². The molecule has 2 amide bonds. The highest BCUT2D eigenvalue weighted by Gasteiger charge is 2.33. The maximum absolute atomic E-state index is 14.1. The number of rotatable bonds is 11. The number of hydrogen-bond donors (Lipinski definition) is 1. The Labute approximate surface area is 253 Å².